The molecule has 2 N–H and O–H groups in total. The van der Waals surface area contributed by atoms with Gasteiger partial charge in [-0.3, -0.25) is 0 Å². The lowest BCUT2D eigenvalue weighted by molar-refractivity contribution is 0.579. The van der Waals surface area contributed by atoms with Gasteiger partial charge in [-0.05, 0) is 31.2 Å². The SMILES string of the molecule is Cc1ccn(-c2cc(NCCNS(=O)(=O)c3cccc(F)c3)ncn2)n1. The molecule has 0 aliphatic heterocycles. The molecule has 2 aromatic heterocycles. The van der Waals surface area contributed by atoms with Gasteiger partial charge in [0.15, 0.2) is 5.82 Å². The fourth-order valence-electron chi connectivity index (χ4n) is 2.21. The number of benzene rings is 1. The summed E-state index contributed by atoms with van der Waals surface area (Å²) in [5.41, 5.74) is 0.866. The predicted octanol–water partition coefficient (Wildman–Crippen LogP) is 1.50. The number of aromatic nitrogens is 4. The van der Waals surface area contributed by atoms with Crippen molar-refractivity contribution in [3.8, 4) is 5.82 Å². The number of sulfonamides is 1. The van der Waals surface area contributed by atoms with Crippen LogP contribution in [0, 0.1) is 12.7 Å². The van der Waals surface area contributed by atoms with Crippen LogP contribution < -0.4 is 10.0 Å². The first-order valence-corrected chi connectivity index (χ1v) is 9.26. The zero-order chi connectivity index (χ0) is 18.6. The number of anilines is 1. The number of nitrogens with zero attached hydrogens (tertiary/aromatic N) is 4. The molecule has 0 amide bonds. The van der Waals surface area contributed by atoms with E-state index < -0.39 is 15.8 Å². The Bertz CT molecular complexity index is 1010. The molecule has 2 heterocycles. The van der Waals surface area contributed by atoms with Crippen LogP contribution in [0.4, 0.5) is 10.2 Å². The largest absolute Gasteiger partial charge is 0.369 e. The van der Waals surface area contributed by atoms with Crippen molar-refractivity contribution in [1.82, 2.24) is 24.5 Å². The van der Waals surface area contributed by atoms with Gasteiger partial charge in [0.05, 0.1) is 10.6 Å². The molecular formula is C16H17FN6O2S. The summed E-state index contributed by atoms with van der Waals surface area (Å²) in [6.07, 6.45) is 3.18. The van der Waals surface area contributed by atoms with Crippen LogP contribution in [0.5, 0.6) is 0 Å². The molecule has 8 nitrogen and oxygen atoms in total. The molecule has 0 aliphatic rings. The molecule has 0 saturated carbocycles. The molecule has 1 aromatic carbocycles. The average molecular weight is 376 g/mol. The van der Waals surface area contributed by atoms with E-state index in [4.69, 9.17) is 0 Å². The van der Waals surface area contributed by atoms with Crippen LogP contribution in [0.3, 0.4) is 0 Å². The molecule has 0 fully saturated rings. The second-order valence-electron chi connectivity index (χ2n) is 5.45. The molecular weight excluding hydrogens is 359 g/mol. The lowest BCUT2D eigenvalue weighted by atomic mass is 10.4. The van der Waals surface area contributed by atoms with Gasteiger partial charge in [-0.2, -0.15) is 5.10 Å². The van der Waals surface area contributed by atoms with E-state index in [-0.39, 0.29) is 11.4 Å². The summed E-state index contributed by atoms with van der Waals surface area (Å²) >= 11 is 0. The van der Waals surface area contributed by atoms with Crippen LogP contribution in [0.25, 0.3) is 5.82 Å². The van der Waals surface area contributed by atoms with Crippen molar-refractivity contribution in [2.24, 2.45) is 0 Å². The Morgan fingerprint density at radius 1 is 1.15 bits per heavy atom. The number of rotatable bonds is 7. The maximum Gasteiger partial charge on any atom is 0.240 e. The van der Waals surface area contributed by atoms with Gasteiger partial charge in [-0.25, -0.2) is 32.2 Å². The standard InChI is InChI=1S/C16H17FN6O2S/c1-12-5-8-23(22-12)16-10-15(19-11-20-16)18-6-7-21-26(24,25)14-4-2-3-13(17)9-14/h2-5,8-11,21H,6-7H2,1H3,(H,18,19,20). The van der Waals surface area contributed by atoms with Gasteiger partial charge < -0.3 is 5.32 Å². The lowest BCUT2D eigenvalue weighted by Crippen LogP contribution is -2.29. The van der Waals surface area contributed by atoms with E-state index in [0.717, 1.165) is 11.8 Å². The molecule has 26 heavy (non-hydrogen) atoms. The highest BCUT2D eigenvalue weighted by Gasteiger charge is 2.13. The Morgan fingerprint density at radius 2 is 2.00 bits per heavy atom. The zero-order valence-electron chi connectivity index (χ0n) is 13.9. The van der Waals surface area contributed by atoms with Crippen LogP contribution in [0.2, 0.25) is 0 Å². The van der Waals surface area contributed by atoms with Gasteiger partial charge in [0.25, 0.3) is 0 Å². The minimum absolute atomic E-state index is 0.110. The summed E-state index contributed by atoms with van der Waals surface area (Å²) in [6, 6.07) is 8.40. The third-order valence-corrected chi connectivity index (χ3v) is 4.90. The average Bonchev–Trinajstić information content (AvgIpc) is 3.06. The van der Waals surface area contributed by atoms with Crippen molar-refractivity contribution in [3.05, 3.63) is 60.4 Å². The topological polar surface area (TPSA) is 102 Å². The van der Waals surface area contributed by atoms with E-state index in [1.807, 2.05) is 13.0 Å². The van der Waals surface area contributed by atoms with E-state index >= 15 is 0 Å². The maximum absolute atomic E-state index is 13.2. The summed E-state index contributed by atoms with van der Waals surface area (Å²) in [5, 5.41) is 7.27. The molecule has 3 aromatic rings. The Kier molecular flexibility index (Phi) is 5.24. The molecule has 136 valence electrons. The molecule has 3 rings (SSSR count). The number of hydrogen-bond donors (Lipinski definition) is 2. The van der Waals surface area contributed by atoms with Gasteiger partial charge in [0.2, 0.25) is 10.0 Å². The fourth-order valence-corrected chi connectivity index (χ4v) is 3.27. The monoisotopic (exact) mass is 376 g/mol. The van der Waals surface area contributed by atoms with Crippen LogP contribution in [-0.4, -0.2) is 41.3 Å². The van der Waals surface area contributed by atoms with Crippen LogP contribution in [0.15, 0.2) is 53.8 Å². The lowest BCUT2D eigenvalue weighted by Gasteiger charge is -2.09. The summed E-state index contributed by atoms with van der Waals surface area (Å²) in [7, 11) is -3.76. The third kappa shape index (κ3) is 4.41. The van der Waals surface area contributed by atoms with Crippen molar-refractivity contribution < 1.29 is 12.8 Å². The van der Waals surface area contributed by atoms with E-state index in [2.05, 4.69) is 25.1 Å². The minimum atomic E-state index is -3.76. The summed E-state index contributed by atoms with van der Waals surface area (Å²) < 4.78 is 41.4. The Morgan fingerprint density at radius 3 is 2.73 bits per heavy atom. The normalized spacial score (nSPS) is 11.5. The van der Waals surface area contributed by atoms with Gasteiger partial charge in [-0.15, -0.1) is 0 Å². The zero-order valence-corrected chi connectivity index (χ0v) is 14.7. The second kappa shape index (κ2) is 7.58. The Labute approximate surface area is 150 Å². The van der Waals surface area contributed by atoms with Crippen molar-refractivity contribution in [1.29, 1.82) is 0 Å². The van der Waals surface area contributed by atoms with E-state index in [1.165, 1.54) is 24.5 Å². The van der Waals surface area contributed by atoms with Gasteiger partial charge in [0, 0.05) is 25.4 Å². The number of aryl methyl sites for hydroxylation is 1. The quantitative estimate of drug-likeness (QED) is 0.606. The summed E-state index contributed by atoms with van der Waals surface area (Å²) in [4.78, 5) is 8.11. The molecule has 0 spiro atoms. The second-order valence-corrected chi connectivity index (χ2v) is 7.21. The first kappa shape index (κ1) is 18.0. The van der Waals surface area contributed by atoms with Crippen molar-refractivity contribution >= 4 is 15.8 Å². The highest BCUT2D eigenvalue weighted by Crippen LogP contribution is 2.10. The summed E-state index contributed by atoms with van der Waals surface area (Å²) in [6.45, 7) is 2.28. The first-order chi connectivity index (χ1) is 12.4. The summed E-state index contributed by atoms with van der Waals surface area (Å²) in [5.74, 6) is 0.525. The first-order valence-electron chi connectivity index (χ1n) is 7.78. The molecule has 10 heteroatoms. The Balaban J connectivity index is 1.57. The molecule has 0 bridgehead atoms. The smallest absolute Gasteiger partial charge is 0.240 e. The highest BCUT2D eigenvalue weighted by molar-refractivity contribution is 7.89. The molecule has 0 aliphatic carbocycles. The number of nitrogens with one attached hydrogen (secondary N) is 2. The number of hydrogen-bond acceptors (Lipinski definition) is 6. The van der Waals surface area contributed by atoms with E-state index in [0.29, 0.717) is 18.2 Å². The molecule has 0 radical (unpaired) electrons. The predicted molar refractivity (Wildman–Crippen MR) is 94.0 cm³/mol. The van der Waals surface area contributed by atoms with E-state index in [1.54, 1.807) is 16.9 Å². The third-order valence-electron chi connectivity index (χ3n) is 3.44. The maximum atomic E-state index is 13.2. The van der Waals surface area contributed by atoms with Crippen LogP contribution >= 0.6 is 0 Å². The minimum Gasteiger partial charge on any atom is -0.369 e. The molecule has 0 saturated heterocycles. The van der Waals surface area contributed by atoms with E-state index in [9.17, 15) is 12.8 Å². The van der Waals surface area contributed by atoms with Crippen molar-refractivity contribution in [3.63, 3.8) is 0 Å². The fraction of sp³-hybridized carbons (Fsp3) is 0.188. The van der Waals surface area contributed by atoms with Gasteiger partial charge in [0.1, 0.15) is 18.0 Å². The van der Waals surface area contributed by atoms with Crippen LogP contribution in [-0.2, 0) is 10.0 Å². The van der Waals surface area contributed by atoms with Gasteiger partial charge >= 0.3 is 0 Å². The Hall–Kier alpha value is -2.85. The van der Waals surface area contributed by atoms with Crippen molar-refractivity contribution in [2.45, 2.75) is 11.8 Å². The highest BCUT2D eigenvalue weighted by atomic mass is 32.2. The number of halogens is 1. The van der Waals surface area contributed by atoms with Crippen LogP contribution in [0.1, 0.15) is 5.69 Å². The molecule has 0 unspecified atom stereocenters. The van der Waals surface area contributed by atoms with Gasteiger partial charge in [-0.1, -0.05) is 6.07 Å². The van der Waals surface area contributed by atoms with Crippen molar-refractivity contribution in [2.75, 3.05) is 18.4 Å². The molecule has 0 atom stereocenters.